The number of thiol groups is 1. The van der Waals surface area contributed by atoms with Gasteiger partial charge in [0, 0.05) is 0 Å². The number of aliphatic hydroxyl groups excluding tert-OH is 3. The molecule has 0 saturated carbocycles. The van der Waals surface area contributed by atoms with Gasteiger partial charge in [0.25, 0.3) is 0 Å². The van der Waals surface area contributed by atoms with Crippen LogP contribution in [0.25, 0.3) is 0 Å². The number of hydrogen-bond acceptors (Lipinski definition) is 4. The van der Waals surface area contributed by atoms with E-state index in [0.717, 1.165) is 0 Å². The SMILES string of the molecule is C[SH](C)C1OC(CO)C(O)C1O. The van der Waals surface area contributed by atoms with Crippen molar-refractivity contribution in [3.05, 3.63) is 0 Å². The summed E-state index contributed by atoms with van der Waals surface area (Å²) in [5, 5.41) is 27.6. The van der Waals surface area contributed by atoms with Gasteiger partial charge in [-0.3, -0.25) is 0 Å². The van der Waals surface area contributed by atoms with Gasteiger partial charge in [-0.2, -0.15) is 0 Å². The number of aliphatic hydroxyl groups is 3. The Balaban J connectivity index is 2.60. The van der Waals surface area contributed by atoms with Gasteiger partial charge in [0.05, 0.1) is 6.61 Å². The summed E-state index contributed by atoms with van der Waals surface area (Å²) < 4.78 is 5.28. The van der Waals surface area contributed by atoms with E-state index in [9.17, 15) is 10.2 Å². The standard InChI is InChI=1S/C7H16O4S/c1-12(2)7-6(10)5(9)4(3-8)11-7/h4-10,12H,3H2,1-2H3. The molecule has 0 aromatic carbocycles. The van der Waals surface area contributed by atoms with E-state index in [4.69, 9.17) is 9.84 Å². The van der Waals surface area contributed by atoms with Crippen LogP contribution in [0, 0.1) is 0 Å². The molecular weight excluding hydrogens is 180 g/mol. The van der Waals surface area contributed by atoms with Crippen LogP contribution in [0.3, 0.4) is 0 Å². The quantitative estimate of drug-likeness (QED) is 0.414. The third-order valence-corrected chi connectivity index (χ3v) is 3.47. The molecule has 0 bridgehead atoms. The highest BCUT2D eigenvalue weighted by atomic mass is 32.2. The maximum atomic E-state index is 9.46. The lowest BCUT2D eigenvalue weighted by molar-refractivity contribution is -0.00818. The van der Waals surface area contributed by atoms with Gasteiger partial charge in [0.1, 0.15) is 23.7 Å². The summed E-state index contributed by atoms with van der Waals surface area (Å²) in [6, 6.07) is 0. The van der Waals surface area contributed by atoms with Crippen molar-refractivity contribution >= 4 is 10.9 Å². The van der Waals surface area contributed by atoms with Crippen LogP contribution >= 0.6 is 10.9 Å². The summed E-state index contributed by atoms with van der Waals surface area (Å²) in [4.78, 5) is 0. The minimum Gasteiger partial charge on any atom is -0.394 e. The Morgan fingerprint density at radius 3 is 2.08 bits per heavy atom. The molecule has 0 spiro atoms. The second kappa shape index (κ2) is 3.93. The van der Waals surface area contributed by atoms with E-state index in [1.807, 2.05) is 12.5 Å². The average molecular weight is 196 g/mol. The average Bonchev–Trinajstić information content (AvgIpc) is 2.30. The number of ether oxygens (including phenoxy) is 1. The molecule has 0 amide bonds. The fraction of sp³-hybridized carbons (Fsp3) is 1.00. The van der Waals surface area contributed by atoms with Crippen molar-refractivity contribution in [1.29, 1.82) is 0 Å². The highest BCUT2D eigenvalue weighted by molar-refractivity contribution is 8.16. The van der Waals surface area contributed by atoms with Gasteiger partial charge in [-0.1, -0.05) is 0 Å². The molecule has 1 fully saturated rings. The summed E-state index contributed by atoms with van der Waals surface area (Å²) in [5.74, 6) is 0. The summed E-state index contributed by atoms with van der Waals surface area (Å²) in [5.41, 5.74) is -0.299. The molecule has 0 aromatic heterocycles. The maximum Gasteiger partial charge on any atom is 0.116 e. The minimum absolute atomic E-state index is 0.238. The van der Waals surface area contributed by atoms with Crippen molar-refractivity contribution in [2.45, 2.75) is 23.7 Å². The minimum atomic E-state index is -0.940. The van der Waals surface area contributed by atoms with Crippen LogP contribution in [0.15, 0.2) is 0 Å². The first-order valence-corrected chi connectivity index (χ1v) is 6.17. The van der Waals surface area contributed by atoms with Crippen molar-refractivity contribution in [1.82, 2.24) is 0 Å². The molecule has 4 nitrogen and oxygen atoms in total. The largest absolute Gasteiger partial charge is 0.394 e. The smallest absolute Gasteiger partial charge is 0.116 e. The van der Waals surface area contributed by atoms with Crippen LogP contribution in [0.5, 0.6) is 0 Å². The summed E-state index contributed by atoms with van der Waals surface area (Å²) in [6.07, 6.45) is 1.54. The zero-order chi connectivity index (χ0) is 9.30. The summed E-state index contributed by atoms with van der Waals surface area (Å²) in [6.45, 7) is -0.238. The Morgan fingerprint density at radius 1 is 1.25 bits per heavy atom. The Bertz CT molecular complexity index is 152. The van der Waals surface area contributed by atoms with E-state index >= 15 is 0 Å². The molecule has 1 saturated heterocycles. The van der Waals surface area contributed by atoms with E-state index in [1.165, 1.54) is 0 Å². The highest BCUT2D eigenvalue weighted by Gasteiger charge is 2.42. The van der Waals surface area contributed by atoms with E-state index in [2.05, 4.69) is 0 Å². The predicted octanol–water partition coefficient (Wildman–Crippen LogP) is -1.31. The molecule has 74 valence electrons. The molecule has 0 radical (unpaired) electrons. The Hall–Kier alpha value is 0.190. The van der Waals surface area contributed by atoms with Crippen molar-refractivity contribution < 1.29 is 20.1 Å². The third kappa shape index (κ3) is 1.75. The molecule has 1 rings (SSSR count). The highest BCUT2D eigenvalue weighted by Crippen LogP contribution is 2.35. The van der Waals surface area contributed by atoms with E-state index < -0.39 is 29.2 Å². The van der Waals surface area contributed by atoms with Gasteiger partial charge in [-0.25, -0.2) is 10.9 Å². The second-order valence-corrected chi connectivity index (χ2v) is 5.63. The molecular formula is C7H16O4S. The van der Waals surface area contributed by atoms with E-state index in [1.54, 1.807) is 0 Å². The number of hydrogen-bond donors (Lipinski definition) is 4. The first-order valence-electron chi connectivity index (χ1n) is 3.86. The Morgan fingerprint density at radius 2 is 1.83 bits per heavy atom. The monoisotopic (exact) mass is 196 g/mol. The zero-order valence-corrected chi connectivity index (χ0v) is 8.11. The molecule has 5 heteroatoms. The van der Waals surface area contributed by atoms with Gasteiger partial charge in [0.15, 0.2) is 0 Å². The van der Waals surface area contributed by atoms with Crippen LogP contribution < -0.4 is 0 Å². The van der Waals surface area contributed by atoms with Crippen LogP contribution in [-0.4, -0.2) is 58.2 Å². The fourth-order valence-corrected chi connectivity index (χ4v) is 2.49. The molecule has 1 aliphatic heterocycles. The maximum absolute atomic E-state index is 9.46. The molecule has 4 unspecified atom stereocenters. The lowest BCUT2D eigenvalue weighted by atomic mass is 10.2. The van der Waals surface area contributed by atoms with E-state index in [-0.39, 0.29) is 12.0 Å². The molecule has 12 heavy (non-hydrogen) atoms. The van der Waals surface area contributed by atoms with Crippen molar-refractivity contribution in [2.24, 2.45) is 0 Å². The number of rotatable bonds is 2. The topological polar surface area (TPSA) is 69.9 Å². The van der Waals surface area contributed by atoms with Gasteiger partial charge in [-0.15, -0.1) is 0 Å². The fourth-order valence-electron chi connectivity index (χ4n) is 1.31. The zero-order valence-electron chi connectivity index (χ0n) is 7.21. The first-order chi connectivity index (χ1) is 5.57. The van der Waals surface area contributed by atoms with Crippen molar-refractivity contribution in [3.63, 3.8) is 0 Å². The van der Waals surface area contributed by atoms with Gasteiger partial charge in [-0.05, 0) is 12.5 Å². The van der Waals surface area contributed by atoms with Crippen LogP contribution in [0.1, 0.15) is 0 Å². The molecule has 1 heterocycles. The third-order valence-electron chi connectivity index (χ3n) is 2.03. The molecule has 0 aliphatic carbocycles. The van der Waals surface area contributed by atoms with Gasteiger partial charge in [0.2, 0.25) is 0 Å². The first kappa shape index (κ1) is 10.3. The summed E-state index contributed by atoms with van der Waals surface area (Å²) >= 11 is 0. The lowest BCUT2D eigenvalue weighted by Gasteiger charge is -2.21. The van der Waals surface area contributed by atoms with Gasteiger partial charge < -0.3 is 20.1 Å². The lowest BCUT2D eigenvalue weighted by Crippen LogP contribution is -2.33. The van der Waals surface area contributed by atoms with Gasteiger partial charge >= 0.3 is 0 Å². The van der Waals surface area contributed by atoms with E-state index in [0.29, 0.717) is 0 Å². The Kier molecular flexibility index (Phi) is 3.37. The van der Waals surface area contributed by atoms with Crippen LogP contribution in [0.4, 0.5) is 0 Å². The molecule has 3 N–H and O–H groups in total. The molecule has 1 aliphatic rings. The predicted molar refractivity (Wildman–Crippen MR) is 48.6 cm³/mol. The molecule has 4 atom stereocenters. The van der Waals surface area contributed by atoms with Crippen molar-refractivity contribution in [2.75, 3.05) is 19.1 Å². The van der Waals surface area contributed by atoms with Crippen LogP contribution in [0.2, 0.25) is 0 Å². The normalized spacial score (nSPS) is 43.2. The molecule has 0 aromatic rings. The summed E-state index contributed by atoms with van der Waals surface area (Å²) in [7, 11) is -0.443. The van der Waals surface area contributed by atoms with Crippen LogP contribution in [-0.2, 0) is 4.74 Å². The second-order valence-electron chi connectivity index (χ2n) is 3.19. The Labute approximate surface area is 74.5 Å². The van der Waals surface area contributed by atoms with Crippen molar-refractivity contribution in [3.8, 4) is 0 Å².